The van der Waals surface area contributed by atoms with E-state index in [9.17, 15) is 10.0 Å². The largest absolute Gasteiger partial charge is 0.618 e. The van der Waals surface area contributed by atoms with Crippen molar-refractivity contribution in [1.82, 2.24) is 0 Å². The molecule has 20 heavy (non-hydrogen) atoms. The number of hydrogen-bond acceptors (Lipinski definition) is 4. The van der Waals surface area contributed by atoms with Crippen LogP contribution in [0.25, 0.3) is 0 Å². The number of ether oxygens (including phenoxy) is 2. The summed E-state index contributed by atoms with van der Waals surface area (Å²) in [4.78, 5) is 11.5. The minimum absolute atomic E-state index is 0.0663. The van der Waals surface area contributed by atoms with E-state index in [1.54, 1.807) is 19.1 Å². The van der Waals surface area contributed by atoms with Gasteiger partial charge in [0.1, 0.15) is 5.75 Å². The second-order valence-corrected chi connectivity index (χ2v) is 4.21. The summed E-state index contributed by atoms with van der Waals surface area (Å²) in [7, 11) is 0. The Bertz CT molecular complexity index is 625. The average molecular weight is 273 g/mol. The molecule has 5 nitrogen and oxygen atoms in total. The Hall–Kier alpha value is -2.56. The lowest BCUT2D eigenvalue weighted by molar-refractivity contribution is -0.608. The van der Waals surface area contributed by atoms with Gasteiger partial charge in [-0.3, -0.25) is 0 Å². The first-order valence-electron chi connectivity index (χ1n) is 6.25. The maximum Gasteiger partial charge on any atom is 0.405 e. The third-order valence-corrected chi connectivity index (χ3v) is 2.60. The molecule has 0 saturated carbocycles. The van der Waals surface area contributed by atoms with Crippen molar-refractivity contribution in [3.05, 3.63) is 59.1 Å². The standard InChI is InChI=1S/C15H15NO4/c1-3-19-15(17)14-8-7-13(10-16(14)18)20-12-6-4-5-11(2)9-12/h4-10H,3H2,1-2H3. The molecular weight excluding hydrogens is 258 g/mol. The molecule has 0 N–H and O–H groups in total. The van der Waals surface area contributed by atoms with E-state index in [0.29, 0.717) is 16.2 Å². The first kappa shape index (κ1) is 13.9. The van der Waals surface area contributed by atoms with E-state index in [1.807, 2.05) is 25.1 Å². The van der Waals surface area contributed by atoms with Gasteiger partial charge in [-0.05, 0) is 37.6 Å². The van der Waals surface area contributed by atoms with Crippen LogP contribution in [0.4, 0.5) is 0 Å². The molecule has 0 atom stereocenters. The van der Waals surface area contributed by atoms with Crippen LogP contribution in [0.3, 0.4) is 0 Å². The zero-order valence-corrected chi connectivity index (χ0v) is 11.3. The molecule has 0 saturated heterocycles. The summed E-state index contributed by atoms with van der Waals surface area (Å²) in [5, 5.41) is 11.7. The summed E-state index contributed by atoms with van der Waals surface area (Å²) in [5.41, 5.74) is 0.990. The van der Waals surface area contributed by atoms with E-state index >= 15 is 0 Å². The second-order valence-electron chi connectivity index (χ2n) is 4.21. The molecule has 0 radical (unpaired) electrons. The average Bonchev–Trinajstić information content (AvgIpc) is 2.39. The fraction of sp³-hybridized carbons (Fsp3) is 0.200. The van der Waals surface area contributed by atoms with Crippen molar-refractivity contribution in [2.75, 3.05) is 6.61 Å². The SMILES string of the molecule is CCOC(=O)c1ccc(Oc2cccc(C)c2)c[n+]1[O-]. The number of aromatic nitrogens is 1. The van der Waals surface area contributed by atoms with Gasteiger partial charge in [-0.2, -0.15) is 4.73 Å². The van der Waals surface area contributed by atoms with Gasteiger partial charge in [0.05, 0.1) is 6.61 Å². The predicted octanol–water partition coefficient (Wildman–Crippen LogP) is 2.60. The van der Waals surface area contributed by atoms with Crippen molar-refractivity contribution in [2.45, 2.75) is 13.8 Å². The topological polar surface area (TPSA) is 62.5 Å². The Morgan fingerprint density at radius 2 is 2.05 bits per heavy atom. The Morgan fingerprint density at radius 1 is 1.25 bits per heavy atom. The maximum atomic E-state index is 11.7. The fourth-order valence-corrected chi connectivity index (χ4v) is 1.70. The molecule has 0 spiro atoms. The van der Waals surface area contributed by atoms with E-state index in [-0.39, 0.29) is 12.3 Å². The number of rotatable bonds is 4. The normalized spacial score (nSPS) is 10.1. The van der Waals surface area contributed by atoms with Gasteiger partial charge in [0, 0.05) is 6.07 Å². The van der Waals surface area contributed by atoms with Gasteiger partial charge in [0.25, 0.3) is 0 Å². The Balaban J connectivity index is 2.19. The molecule has 0 unspecified atom stereocenters. The van der Waals surface area contributed by atoms with E-state index < -0.39 is 5.97 Å². The van der Waals surface area contributed by atoms with Crippen molar-refractivity contribution in [2.24, 2.45) is 0 Å². The molecule has 1 aromatic carbocycles. The molecular formula is C15H15NO4. The van der Waals surface area contributed by atoms with Crippen LogP contribution in [-0.4, -0.2) is 12.6 Å². The van der Waals surface area contributed by atoms with Crippen LogP contribution >= 0.6 is 0 Å². The lowest BCUT2D eigenvalue weighted by Crippen LogP contribution is -2.34. The number of hydrogen-bond donors (Lipinski definition) is 0. The molecule has 0 aliphatic rings. The van der Waals surface area contributed by atoms with Crippen LogP contribution in [-0.2, 0) is 4.74 Å². The van der Waals surface area contributed by atoms with E-state index in [4.69, 9.17) is 9.47 Å². The quantitative estimate of drug-likeness (QED) is 0.488. The molecule has 0 fully saturated rings. The minimum atomic E-state index is -0.649. The first-order chi connectivity index (χ1) is 9.60. The van der Waals surface area contributed by atoms with Gasteiger partial charge in [-0.15, -0.1) is 0 Å². The molecule has 1 aromatic heterocycles. The highest BCUT2D eigenvalue weighted by Crippen LogP contribution is 2.21. The summed E-state index contributed by atoms with van der Waals surface area (Å²) in [6.07, 6.45) is 1.20. The summed E-state index contributed by atoms with van der Waals surface area (Å²) in [5.74, 6) is 0.345. The summed E-state index contributed by atoms with van der Waals surface area (Å²) in [6.45, 7) is 3.85. The first-order valence-corrected chi connectivity index (χ1v) is 6.25. The molecule has 0 aliphatic carbocycles. The van der Waals surface area contributed by atoms with Gasteiger partial charge in [0.15, 0.2) is 5.75 Å². The lowest BCUT2D eigenvalue weighted by Gasteiger charge is -2.08. The summed E-state index contributed by atoms with van der Waals surface area (Å²) < 4.78 is 10.8. The van der Waals surface area contributed by atoms with E-state index in [2.05, 4.69) is 0 Å². The molecule has 5 heteroatoms. The Morgan fingerprint density at radius 3 is 2.70 bits per heavy atom. The molecule has 2 aromatic rings. The highest BCUT2D eigenvalue weighted by Gasteiger charge is 2.18. The molecule has 104 valence electrons. The van der Waals surface area contributed by atoms with Crippen LogP contribution in [0, 0.1) is 12.1 Å². The third kappa shape index (κ3) is 3.26. The molecule has 2 rings (SSSR count). The number of esters is 1. The fourth-order valence-electron chi connectivity index (χ4n) is 1.70. The number of carbonyl (C=O) groups excluding carboxylic acids is 1. The highest BCUT2D eigenvalue weighted by molar-refractivity contribution is 5.85. The lowest BCUT2D eigenvalue weighted by atomic mass is 10.2. The minimum Gasteiger partial charge on any atom is -0.618 e. The maximum absolute atomic E-state index is 11.7. The third-order valence-electron chi connectivity index (χ3n) is 2.60. The van der Waals surface area contributed by atoms with Crippen LogP contribution < -0.4 is 9.47 Å². The van der Waals surface area contributed by atoms with E-state index in [1.165, 1.54) is 12.3 Å². The van der Waals surface area contributed by atoms with Crippen molar-refractivity contribution >= 4 is 5.97 Å². The van der Waals surface area contributed by atoms with Crippen LogP contribution in [0.15, 0.2) is 42.6 Å². The molecule has 1 heterocycles. The van der Waals surface area contributed by atoms with Crippen LogP contribution in [0.5, 0.6) is 11.5 Å². The van der Waals surface area contributed by atoms with Gasteiger partial charge in [0.2, 0.25) is 6.20 Å². The molecule has 0 bridgehead atoms. The number of carbonyl (C=O) groups is 1. The van der Waals surface area contributed by atoms with Gasteiger partial charge >= 0.3 is 11.7 Å². The zero-order chi connectivity index (χ0) is 14.5. The Kier molecular flexibility index (Phi) is 4.20. The van der Waals surface area contributed by atoms with Crippen molar-refractivity contribution < 1.29 is 19.0 Å². The monoisotopic (exact) mass is 273 g/mol. The van der Waals surface area contributed by atoms with Gasteiger partial charge < -0.3 is 14.7 Å². The van der Waals surface area contributed by atoms with Crippen molar-refractivity contribution in [1.29, 1.82) is 0 Å². The van der Waals surface area contributed by atoms with Gasteiger partial charge in [-0.1, -0.05) is 12.1 Å². The zero-order valence-electron chi connectivity index (χ0n) is 11.3. The van der Waals surface area contributed by atoms with Gasteiger partial charge in [-0.25, -0.2) is 4.79 Å². The Labute approximate surface area is 117 Å². The predicted molar refractivity (Wildman–Crippen MR) is 72.6 cm³/mol. The number of benzene rings is 1. The number of pyridine rings is 1. The number of nitrogens with zero attached hydrogens (tertiary/aromatic N) is 1. The summed E-state index contributed by atoms with van der Waals surface area (Å²) >= 11 is 0. The second kappa shape index (κ2) is 6.06. The number of aryl methyl sites for hydroxylation is 1. The van der Waals surface area contributed by atoms with Crippen LogP contribution in [0.1, 0.15) is 23.0 Å². The van der Waals surface area contributed by atoms with Crippen molar-refractivity contribution in [3.63, 3.8) is 0 Å². The van der Waals surface area contributed by atoms with Crippen LogP contribution in [0.2, 0.25) is 0 Å². The van der Waals surface area contributed by atoms with E-state index in [0.717, 1.165) is 5.56 Å². The molecule has 0 amide bonds. The highest BCUT2D eigenvalue weighted by atomic mass is 16.5. The summed E-state index contributed by atoms with van der Waals surface area (Å²) in [6, 6.07) is 10.4. The van der Waals surface area contributed by atoms with Crippen molar-refractivity contribution in [3.8, 4) is 11.5 Å². The smallest absolute Gasteiger partial charge is 0.405 e. The molecule has 0 aliphatic heterocycles.